The summed E-state index contributed by atoms with van der Waals surface area (Å²) in [5.41, 5.74) is 0.871. The van der Waals surface area contributed by atoms with E-state index in [4.69, 9.17) is 0 Å². The van der Waals surface area contributed by atoms with E-state index in [2.05, 4.69) is 10.1 Å². The molecule has 5 nitrogen and oxygen atoms in total. The Morgan fingerprint density at radius 2 is 2.00 bits per heavy atom. The molecule has 1 aromatic carbocycles. The third-order valence-corrected chi connectivity index (χ3v) is 4.50. The van der Waals surface area contributed by atoms with Crippen LogP contribution in [-0.4, -0.2) is 44.6 Å². The lowest BCUT2D eigenvalue weighted by atomic mass is 10.0. The number of carbonyl (C=O) groups is 1. The van der Waals surface area contributed by atoms with Gasteiger partial charge in [-0.05, 0) is 5.56 Å². The second-order valence-electron chi connectivity index (χ2n) is 6.20. The molecule has 1 amide bonds. The van der Waals surface area contributed by atoms with E-state index >= 15 is 0 Å². The molecule has 2 atom stereocenters. The Morgan fingerprint density at radius 1 is 1.25 bits per heavy atom. The minimum Gasteiger partial charge on any atom is -0.330 e. The zero-order chi connectivity index (χ0) is 16.9. The van der Waals surface area contributed by atoms with Crippen molar-refractivity contribution in [3.63, 3.8) is 0 Å². The van der Waals surface area contributed by atoms with Gasteiger partial charge in [0.2, 0.25) is 5.82 Å². The van der Waals surface area contributed by atoms with Crippen molar-refractivity contribution >= 4 is 5.91 Å². The zero-order valence-electron chi connectivity index (χ0n) is 12.7. The molecule has 2 aliphatic heterocycles. The van der Waals surface area contributed by atoms with Gasteiger partial charge in [-0.1, -0.05) is 30.3 Å². The summed E-state index contributed by atoms with van der Waals surface area (Å²) in [6.45, 7) is -0.687. The summed E-state index contributed by atoms with van der Waals surface area (Å²) in [6, 6.07) is 8.92. The van der Waals surface area contributed by atoms with Crippen molar-refractivity contribution in [1.82, 2.24) is 19.7 Å². The first-order chi connectivity index (χ1) is 11.4. The molecular weight excluding hydrogens is 321 g/mol. The summed E-state index contributed by atoms with van der Waals surface area (Å²) < 4.78 is 42.2. The summed E-state index contributed by atoms with van der Waals surface area (Å²) in [7, 11) is 0. The maximum absolute atomic E-state index is 14.3. The van der Waals surface area contributed by atoms with Crippen LogP contribution in [0.2, 0.25) is 0 Å². The quantitative estimate of drug-likeness (QED) is 0.847. The van der Waals surface area contributed by atoms with E-state index in [1.165, 1.54) is 4.68 Å². The van der Waals surface area contributed by atoms with Crippen molar-refractivity contribution in [3.8, 4) is 0 Å². The van der Waals surface area contributed by atoms with Gasteiger partial charge in [-0.2, -0.15) is 0 Å². The average Bonchev–Trinajstić information content (AvgIpc) is 3.23. The first-order valence-electron chi connectivity index (χ1n) is 7.77. The van der Waals surface area contributed by atoms with Crippen LogP contribution in [0.1, 0.15) is 47.1 Å². The first kappa shape index (κ1) is 15.2. The highest BCUT2D eigenvalue weighted by atomic mass is 19.3. The lowest BCUT2D eigenvalue weighted by Crippen LogP contribution is -2.32. The molecule has 0 radical (unpaired) electrons. The van der Waals surface area contributed by atoms with E-state index in [-0.39, 0.29) is 37.1 Å². The number of halogens is 3. The topological polar surface area (TPSA) is 51.0 Å². The highest BCUT2D eigenvalue weighted by molar-refractivity contribution is 5.90. The summed E-state index contributed by atoms with van der Waals surface area (Å²) in [6.07, 6.45) is -1.50. The molecular formula is C16H15F3N4O. The molecule has 2 aromatic rings. The predicted octanol–water partition coefficient (Wildman–Crippen LogP) is 2.76. The smallest absolute Gasteiger partial charge is 0.293 e. The maximum atomic E-state index is 14.3. The molecule has 8 heteroatoms. The van der Waals surface area contributed by atoms with Crippen molar-refractivity contribution in [2.75, 3.05) is 13.1 Å². The largest absolute Gasteiger partial charge is 0.330 e. The van der Waals surface area contributed by atoms with Crippen LogP contribution in [0.5, 0.6) is 0 Å². The van der Waals surface area contributed by atoms with E-state index in [0.29, 0.717) is 0 Å². The van der Waals surface area contributed by atoms with Gasteiger partial charge >= 0.3 is 0 Å². The van der Waals surface area contributed by atoms with Crippen LogP contribution in [0.3, 0.4) is 0 Å². The number of carbonyl (C=O) groups excluding carboxylic acids is 1. The normalized spacial score (nSPS) is 25.0. The molecule has 1 saturated heterocycles. The number of likely N-dealkylation sites (tertiary alicyclic amines) is 1. The number of aromatic nitrogens is 3. The molecule has 0 saturated carbocycles. The SMILES string of the molecule is O=C(c1nc2n(n1)C(c1ccccc1)CC2F)N1CCC(F)(F)C1. The number of amides is 1. The van der Waals surface area contributed by atoms with Gasteiger partial charge in [-0.25, -0.2) is 22.8 Å². The Bertz CT molecular complexity index is 777. The molecule has 24 heavy (non-hydrogen) atoms. The van der Waals surface area contributed by atoms with Crippen LogP contribution >= 0.6 is 0 Å². The molecule has 3 heterocycles. The standard InChI is InChI=1S/C16H15F3N4O/c17-11-8-12(10-4-2-1-3-5-10)23-14(11)20-13(21-23)15(24)22-7-6-16(18,19)9-22/h1-5,11-12H,6-9H2. The van der Waals surface area contributed by atoms with Crippen molar-refractivity contribution in [3.05, 3.63) is 47.5 Å². The number of alkyl halides is 3. The van der Waals surface area contributed by atoms with Gasteiger partial charge < -0.3 is 4.90 Å². The van der Waals surface area contributed by atoms with Crippen LogP contribution in [0.4, 0.5) is 13.2 Å². The van der Waals surface area contributed by atoms with Crippen molar-refractivity contribution < 1.29 is 18.0 Å². The second kappa shape index (κ2) is 5.32. The Kier molecular flexibility index (Phi) is 3.36. The molecule has 0 N–H and O–H groups in total. The number of rotatable bonds is 2. The summed E-state index contributed by atoms with van der Waals surface area (Å²) in [5, 5.41) is 4.12. The number of benzene rings is 1. The van der Waals surface area contributed by atoms with E-state index in [0.717, 1.165) is 10.5 Å². The Labute approximate surface area is 136 Å². The average molecular weight is 336 g/mol. The summed E-state index contributed by atoms with van der Waals surface area (Å²) >= 11 is 0. The molecule has 1 aromatic heterocycles. The first-order valence-corrected chi connectivity index (χ1v) is 7.77. The fourth-order valence-corrected chi connectivity index (χ4v) is 3.27. The van der Waals surface area contributed by atoms with Crippen LogP contribution < -0.4 is 0 Å². The molecule has 1 fully saturated rings. The van der Waals surface area contributed by atoms with Crippen LogP contribution in [0.25, 0.3) is 0 Å². The molecule has 0 aliphatic carbocycles. The van der Waals surface area contributed by atoms with E-state index in [1.54, 1.807) is 0 Å². The van der Waals surface area contributed by atoms with E-state index in [9.17, 15) is 18.0 Å². The van der Waals surface area contributed by atoms with Crippen LogP contribution in [0.15, 0.2) is 30.3 Å². The van der Waals surface area contributed by atoms with Crippen LogP contribution in [0, 0.1) is 0 Å². The second-order valence-corrected chi connectivity index (χ2v) is 6.20. The molecule has 2 aliphatic rings. The van der Waals surface area contributed by atoms with Crippen molar-refractivity contribution in [2.24, 2.45) is 0 Å². The number of hydrogen-bond donors (Lipinski definition) is 0. The van der Waals surface area contributed by atoms with Gasteiger partial charge in [0.05, 0.1) is 12.6 Å². The lowest BCUT2D eigenvalue weighted by molar-refractivity contribution is 0.0118. The van der Waals surface area contributed by atoms with Gasteiger partial charge in [0, 0.05) is 19.4 Å². The highest BCUT2D eigenvalue weighted by Crippen LogP contribution is 2.39. The number of hydrogen-bond acceptors (Lipinski definition) is 3. The maximum Gasteiger partial charge on any atom is 0.293 e. The molecule has 0 bridgehead atoms. The predicted molar refractivity (Wildman–Crippen MR) is 78.5 cm³/mol. The third kappa shape index (κ3) is 2.46. The van der Waals surface area contributed by atoms with Gasteiger partial charge in [0.25, 0.3) is 11.8 Å². The Morgan fingerprint density at radius 3 is 2.67 bits per heavy atom. The highest BCUT2D eigenvalue weighted by Gasteiger charge is 2.43. The Balaban J connectivity index is 1.63. The minimum atomic E-state index is -2.88. The Hall–Kier alpha value is -2.38. The monoisotopic (exact) mass is 336 g/mol. The fraction of sp³-hybridized carbons (Fsp3) is 0.438. The molecule has 4 rings (SSSR count). The third-order valence-electron chi connectivity index (χ3n) is 4.50. The van der Waals surface area contributed by atoms with Gasteiger partial charge in [0.1, 0.15) is 0 Å². The summed E-state index contributed by atoms with van der Waals surface area (Å²) in [4.78, 5) is 17.3. The van der Waals surface area contributed by atoms with Crippen molar-refractivity contribution in [1.29, 1.82) is 0 Å². The number of nitrogens with zero attached hydrogens (tertiary/aromatic N) is 4. The summed E-state index contributed by atoms with van der Waals surface area (Å²) in [5.74, 6) is -3.69. The van der Waals surface area contributed by atoms with Gasteiger partial charge in [-0.3, -0.25) is 4.79 Å². The van der Waals surface area contributed by atoms with Crippen LogP contribution in [-0.2, 0) is 0 Å². The van der Waals surface area contributed by atoms with Gasteiger partial charge in [0.15, 0.2) is 12.0 Å². The fourth-order valence-electron chi connectivity index (χ4n) is 3.27. The molecule has 2 unspecified atom stereocenters. The van der Waals surface area contributed by atoms with E-state index < -0.39 is 24.5 Å². The van der Waals surface area contributed by atoms with E-state index in [1.807, 2.05) is 30.3 Å². The molecule has 126 valence electrons. The zero-order valence-corrected chi connectivity index (χ0v) is 12.7. The molecule has 0 spiro atoms. The minimum absolute atomic E-state index is 0.0448. The lowest BCUT2D eigenvalue weighted by Gasteiger charge is -2.14. The van der Waals surface area contributed by atoms with Gasteiger partial charge in [-0.15, -0.1) is 5.10 Å². The van der Waals surface area contributed by atoms with Crippen molar-refractivity contribution in [2.45, 2.75) is 31.0 Å². The number of fused-ring (bicyclic) bond motifs is 1.